The molecule has 0 saturated heterocycles. The van der Waals surface area contributed by atoms with E-state index in [1.807, 2.05) is 0 Å². The quantitative estimate of drug-likeness (QED) is 0.386. The molecular weight excluding hydrogens is 392 g/mol. The van der Waals surface area contributed by atoms with Gasteiger partial charge in [0.1, 0.15) is 17.1 Å². The average Bonchev–Trinajstić information content (AvgIpc) is 3.09. The first-order chi connectivity index (χ1) is 13.0. The monoisotopic (exact) mass is 400 g/mol. The SMILES string of the molecule is O=[N+]([O-])c1cc(-c2nc3c(O)ncnc3s2)ccc1Oc1ccccc1Cl. The van der Waals surface area contributed by atoms with Crippen LogP contribution < -0.4 is 4.74 Å². The van der Waals surface area contributed by atoms with Gasteiger partial charge < -0.3 is 9.84 Å². The molecular formula is C17H9ClN4O4S. The Balaban J connectivity index is 1.77. The van der Waals surface area contributed by atoms with Gasteiger partial charge in [0.15, 0.2) is 10.3 Å². The van der Waals surface area contributed by atoms with Crippen molar-refractivity contribution in [1.29, 1.82) is 0 Å². The molecule has 0 amide bonds. The number of hydrogen-bond donors (Lipinski definition) is 1. The molecule has 4 rings (SSSR count). The van der Waals surface area contributed by atoms with Crippen LogP contribution >= 0.6 is 22.9 Å². The molecule has 4 aromatic rings. The smallest absolute Gasteiger partial charge is 0.312 e. The Morgan fingerprint density at radius 3 is 2.70 bits per heavy atom. The van der Waals surface area contributed by atoms with Crippen molar-refractivity contribution in [3.63, 3.8) is 0 Å². The van der Waals surface area contributed by atoms with E-state index in [9.17, 15) is 15.2 Å². The first-order valence-electron chi connectivity index (χ1n) is 7.54. The number of halogens is 1. The Hall–Kier alpha value is -3.30. The van der Waals surface area contributed by atoms with Gasteiger partial charge in [-0.05, 0) is 24.3 Å². The summed E-state index contributed by atoms with van der Waals surface area (Å²) in [6, 6.07) is 11.2. The summed E-state index contributed by atoms with van der Waals surface area (Å²) in [5.41, 5.74) is 0.508. The molecule has 2 heterocycles. The molecule has 27 heavy (non-hydrogen) atoms. The summed E-state index contributed by atoms with van der Waals surface area (Å²) in [7, 11) is 0. The Labute approximate surface area is 160 Å². The minimum absolute atomic E-state index is 0.0561. The number of aromatic hydroxyl groups is 1. The molecule has 0 atom stereocenters. The third-order valence-electron chi connectivity index (χ3n) is 3.64. The van der Waals surface area contributed by atoms with Gasteiger partial charge in [-0.25, -0.2) is 9.97 Å². The van der Waals surface area contributed by atoms with E-state index in [1.54, 1.807) is 30.3 Å². The predicted molar refractivity (Wildman–Crippen MR) is 100 cm³/mol. The highest BCUT2D eigenvalue weighted by Gasteiger charge is 2.20. The third-order valence-corrected chi connectivity index (χ3v) is 4.96. The topological polar surface area (TPSA) is 111 Å². The number of nitrogens with zero attached hydrogens (tertiary/aromatic N) is 4. The van der Waals surface area contributed by atoms with Gasteiger partial charge in [0.25, 0.3) is 0 Å². The fraction of sp³-hybridized carbons (Fsp3) is 0. The third kappa shape index (κ3) is 3.25. The van der Waals surface area contributed by atoms with E-state index in [2.05, 4.69) is 15.0 Å². The van der Waals surface area contributed by atoms with Crippen molar-refractivity contribution in [3.8, 4) is 28.0 Å². The second-order valence-electron chi connectivity index (χ2n) is 5.34. The second kappa shape index (κ2) is 6.78. The van der Waals surface area contributed by atoms with Crippen LogP contribution in [0.2, 0.25) is 5.02 Å². The van der Waals surface area contributed by atoms with Crippen LogP contribution in [0, 0.1) is 10.1 Å². The maximum atomic E-state index is 11.5. The maximum absolute atomic E-state index is 11.5. The predicted octanol–water partition coefficient (Wildman–Crippen LogP) is 4.81. The molecule has 0 bridgehead atoms. The largest absolute Gasteiger partial charge is 0.492 e. The van der Waals surface area contributed by atoms with Crippen molar-refractivity contribution in [2.45, 2.75) is 0 Å². The Bertz CT molecular complexity index is 1180. The van der Waals surface area contributed by atoms with Gasteiger partial charge >= 0.3 is 5.69 Å². The van der Waals surface area contributed by atoms with Gasteiger partial charge in [0.05, 0.1) is 9.95 Å². The van der Waals surface area contributed by atoms with Crippen LogP contribution in [0.5, 0.6) is 17.4 Å². The van der Waals surface area contributed by atoms with Crippen LogP contribution in [0.3, 0.4) is 0 Å². The van der Waals surface area contributed by atoms with Gasteiger partial charge in [0, 0.05) is 11.6 Å². The van der Waals surface area contributed by atoms with Crippen LogP contribution in [0.15, 0.2) is 48.8 Å². The van der Waals surface area contributed by atoms with Crippen LogP contribution in [0.1, 0.15) is 0 Å². The minimum atomic E-state index is -0.541. The molecule has 0 fully saturated rings. The second-order valence-corrected chi connectivity index (χ2v) is 6.73. The van der Waals surface area contributed by atoms with Crippen LogP contribution in [-0.4, -0.2) is 25.0 Å². The zero-order chi connectivity index (χ0) is 19.0. The first-order valence-corrected chi connectivity index (χ1v) is 8.74. The van der Waals surface area contributed by atoms with Gasteiger partial charge in [0.2, 0.25) is 11.6 Å². The highest BCUT2D eigenvalue weighted by molar-refractivity contribution is 7.21. The molecule has 134 valence electrons. The molecule has 0 radical (unpaired) electrons. The maximum Gasteiger partial charge on any atom is 0.312 e. The highest BCUT2D eigenvalue weighted by Crippen LogP contribution is 2.39. The van der Waals surface area contributed by atoms with E-state index >= 15 is 0 Å². The number of nitro benzene ring substituents is 1. The van der Waals surface area contributed by atoms with E-state index in [-0.39, 0.29) is 22.8 Å². The molecule has 0 unspecified atom stereocenters. The van der Waals surface area contributed by atoms with Crippen molar-refractivity contribution in [2.75, 3.05) is 0 Å². The summed E-state index contributed by atoms with van der Waals surface area (Å²) in [6.45, 7) is 0. The summed E-state index contributed by atoms with van der Waals surface area (Å²) >= 11 is 7.24. The Morgan fingerprint density at radius 2 is 1.96 bits per heavy atom. The van der Waals surface area contributed by atoms with E-state index in [4.69, 9.17) is 16.3 Å². The van der Waals surface area contributed by atoms with Crippen molar-refractivity contribution >= 4 is 39.0 Å². The average molecular weight is 401 g/mol. The lowest BCUT2D eigenvalue weighted by atomic mass is 10.2. The van der Waals surface area contributed by atoms with Gasteiger partial charge in [-0.3, -0.25) is 10.1 Å². The van der Waals surface area contributed by atoms with E-state index in [1.165, 1.54) is 29.8 Å². The zero-order valence-corrected chi connectivity index (χ0v) is 14.9. The molecule has 2 aromatic carbocycles. The molecule has 8 nitrogen and oxygen atoms in total. The fourth-order valence-electron chi connectivity index (χ4n) is 2.39. The van der Waals surface area contributed by atoms with Gasteiger partial charge in [-0.15, -0.1) is 0 Å². The number of rotatable bonds is 4. The number of ether oxygens (including phenoxy) is 1. The zero-order valence-electron chi connectivity index (χ0n) is 13.4. The Kier molecular flexibility index (Phi) is 4.30. The number of para-hydroxylation sites is 1. The molecule has 0 saturated carbocycles. The first kappa shape index (κ1) is 17.1. The number of nitro groups is 1. The summed E-state index contributed by atoms with van der Waals surface area (Å²) in [6.07, 6.45) is 1.22. The van der Waals surface area contributed by atoms with Crippen LogP contribution in [0.25, 0.3) is 20.9 Å². The number of fused-ring (bicyclic) bond motifs is 1. The molecule has 0 aliphatic rings. The molecule has 0 aliphatic carbocycles. The summed E-state index contributed by atoms with van der Waals surface area (Å²) < 4.78 is 5.62. The Morgan fingerprint density at radius 1 is 1.15 bits per heavy atom. The van der Waals surface area contributed by atoms with Crippen molar-refractivity contribution in [2.24, 2.45) is 0 Å². The molecule has 2 aromatic heterocycles. The lowest BCUT2D eigenvalue weighted by molar-refractivity contribution is -0.385. The van der Waals surface area contributed by atoms with Gasteiger partial charge in [-0.1, -0.05) is 35.1 Å². The summed E-state index contributed by atoms with van der Waals surface area (Å²) in [4.78, 5) is 23.4. The van der Waals surface area contributed by atoms with Crippen molar-refractivity contribution in [1.82, 2.24) is 15.0 Å². The number of hydrogen-bond acceptors (Lipinski definition) is 8. The molecule has 10 heteroatoms. The van der Waals surface area contributed by atoms with E-state index < -0.39 is 4.92 Å². The lowest BCUT2D eigenvalue weighted by Crippen LogP contribution is -1.94. The minimum Gasteiger partial charge on any atom is -0.492 e. The normalized spacial score (nSPS) is 10.9. The molecule has 0 spiro atoms. The van der Waals surface area contributed by atoms with Crippen LogP contribution in [0.4, 0.5) is 5.69 Å². The highest BCUT2D eigenvalue weighted by atomic mass is 35.5. The van der Waals surface area contributed by atoms with E-state index in [0.29, 0.717) is 26.2 Å². The summed E-state index contributed by atoms with van der Waals surface area (Å²) in [5, 5.41) is 22.1. The standard InChI is InChI=1S/C17H9ClN4O4S/c18-10-3-1-2-4-12(10)26-13-6-5-9(7-11(13)22(24)25)16-21-14-15(23)19-8-20-17(14)27-16/h1-8H,(H,19,20,23). The van der Waals surface area contributed by atoms with Crippen molar-refractivity contribution in [3.05, 3.63) is 63.9 Å². The number of aromatic nitrogens is 3. The summed E-state index contributed by atoms with van der Waals surface area (Å²) in [5.74, 6) is 0.131. The number of benzene rings is 2. The number of thiazole rings is 1. The lowest BCUT2D eigenvalue weighted by Gasteiger charge is -2.08. The van der Waals surface area contributed by atoms with Crippen molar-refractivity contribution < 1.29 is 14.8 Å². The molecule has 0 aliphatic heterocycles. The van der Waals surface area contributed by atoms with E-state index in [0.717, 1.165) is 0 Å². The fourth-order valence-corrected chi connectivity index (χ4v) is 3.46. The molecule has 1 N–H and O–H groups in total. The van der Waals surface area contributed by atoms with Crippen LogP contribution in [-0.2, 0) is 0 Å². The van der Waals surface area contributed by atoms with Gasteiger partial charge in [-0.2, -0.15) is 4.98 Å².